The van der Waals surface area contributed by atoms with Crippen molar-refractivity contribution in [3.8, 4) is 5.75 Å². The van der Waals surface area contributed by atoms with Crippen molar-refractivity contribution in [3.05, 3.63) is 83.4 Å². The minimum atomic E-state index is -3.82. The lowest BCUT2D eigenvalue weighted by Gasteiger charge is -2.43. The Labute approximate surface area is 236 Å². The summed E-state index contributed by atoms with van der Waals surface area (Å²) in [7, 11) is -3.82. The fourth-order valence-corrected chi connectivity index (χ4v) is 6.42. The second-order valence-corrected chi connectivity index (χ2v) is 12.6. The predicted molar refractivity (Wildman–Crippen MR) is 156 cm³/mol. The minimum absolute atomic E-state index is 0.187. The van der Waals surface area contributed by atoms with Crippen LogP contribution in [0.1, 0.15) is 53.6 Å². The van der Waals surface area contributed by atoms with Crippen molar-refractivity contribution in [1.29, 1.82) is 0 Å². The Morgan fingerprint density at radius 2 is 1.97 bits per heavy atom. The van der Waals surface area contributed by atoms with Crippen LogP contribution in [0.5, 0.6) is 5.75 Å². The molecule has 0 spiro atoms. The number of aryl methyl sites for hydroxylation is 1. The van der Waals surface area contributed by atoms with E-state index < -0.39 is 22.0 Å². The third-order valence-corrected chi connectivity index (χ3v) is 9.06. The molecular weight excluding hydrogens is 536 g/mol. The van der Waals surface area contributed by atoms with Gasteiger partial charge in [0.1, 0.15) is 12.4 Å². The van der Waals surface area contributed by atoms with Gasteiger partial charge in [-0.3, -0.25) is 4.79 Å². The van der Waals surface area contributed by atoms with Crippen LogP contribution in [0.2, 0.25) is 5.02 Å². The zero-order valence-corrected chi connectivity index (χ0v) is 23.7. The average molecular weight is 573 g/mol. The van der Waals surface area contributed by atoms with Crippen LogP contribution in [0.25, 0.3) is 0 Å². The summed E-state index contributed by atoms with van der Waals surface area (Å²) in [5, 5.41) is 11.3. The molecule has 210 valence electrons. The normalized spacial score (nSPS) is 20.2. The van der Waals surface area contributed by atoms with Gasteiger partial charge in [-0.25, -0.2) is 13.1 Å². The molecule has 2 aromatic carbocycles. The molecule has 1 amide bonds. The number of fused-ring (bicyclic) bond motifs is 2. The highest BCUT2D eigenvalue weighted by atomic mass is 35.5. The maximum Gasteiger partial charge on any atom is 0.264 e. The molecule has 0 saturated heterocycles. The van der Waals surface area contributed by atoms with E-state index in [4.69, 9.17) is 16.3 Å². The van der Waals surface area contributed by atoms with Gasteiger partial charge in [0, 0.05) is 23.7 Å². The maximum atomic E-state index is 12.9. The molecule has 2 aliphatic rings. The second kappa shape index (κ2) is 13.0. The first-order chi connectivity index (χ1) is 18.7. The van der Waals surface area contributed by atoms with Crippen LogP contribution in [0, 0.1) is 11.8 Å². The van der Waals surface area contributed by atoms with E-state index in [0.29, 0.717) is 36.3 Å². The van der Waals surface area contributed by atoms with E-state index in [1.54, 1.807) is 24.3 Å². The standard InChI is InChI=1S/C30H37ClN2O5S/c1-3-7-28(34)26-13-10-23(26)19-33-15-6-5-8-21-17-25(31)12-9-24(21)20-38-29-14-11-22(18-27(29)33)30(35)32-39(36,37)16-4-2/h3-4,9,11-12,14,17-18,23,26,28,34H,1-2,5-8,10,13,15-16,19-20H2,(H,32,35)/t23-,26+,28-/m0/s1. The highest BCUT2D eigenvalue weighted by Crippen LogP contribution is 2.41. The van der Waals surface area contributed by atoms with Crippen LogP contribution < -0.4 is 14.4 Å². The number of carbonyl (C=O) groups is 1. The van der Waals surface area contributed by atoms with Gasteiger partial charge in [-0.15, -0.1) is 13.2 Å². The molecule has 1 aliphatic carbocycles. The topological polar surface area (TPSA) is 95.9 Å². The van der Waals surface area contributed by atoms with E-state index in [0.717, 1.165) is 55.5 Å². The molecule has 0 aromatic heterocycles. The number of aliphatic hydroxyl groups excluding tert-OH is 1. The molecule has 4 rings (SSSR count). The number of hydrogen-bond donors (Lipinski definition) is 2. The Bertz CT molecular complexity index is 1310. The number of aliphatic hydroxyl groups is 1. The predicted octanol–water partition coefficient (Wildman–Crippen LogP) is 5.27. The van der Waals surface area contributed by atoms with Gasteiger partial charge < -0.3 is 14.7 Å². The van der Waals surface area contributed by atoms with Crippen LogP contribution >= 0.6 is 11.6 Å². The Morgan fingerprint density at radius 3 is 2.69 bits per heavy atom. The average Bonchev–Trinajstić information content (AvgIpc) is 2.89. The molecule has 2 N–H and O–H groups in total. The molecule has 1 saturated carbocycles. The molecule has 0 bridgehead atoms. The Balaban J connectivity index is 1.66. The Morgan fingerprint density at radius 1 is 1.15 bits per heavy atom. The van der Waals surface area contributed by atoms with Crippen LogP contribution in [-0.2, 0) is 23.1 Å². The van der Waals surface area contributed by atoms with Crippen molar-refractivity contribution in [2.24, 2.45) is 11.8 Å². The van der Waals surface area contributed by atoms with E-state index in [-0.39, 0.29) is 17.2 Å². The zero-order chi connectivity index (χ0) is 28.0. The summed E-state index contributed by atoms with van der Waals surface area (Å²) < 4.78 is 32.8. The number of ether oxygens (including phenoxy) is 1. The number of amides is 1. The zero-order valence-electron chi connectivity index (χ0n) is 22.1. The first kappa shape index (κ1) is 29.2. The summed E-state index contributed by atoms with van der Waals surface area (Å²) in [4.78, 5) is 15.1. The van der Waals surface area contributed by atoms with Gasteiger partial charge in [0.05, 0.1) is 17.5 Å². The molecule has 39 heavy (non-hydrogen) atoms. The van der Waals surface area contributed by atoms with Gasteiger partial charge in [-0.2, -0.15) is 0 Å². The molecule has 0 unspecified atom stereocenters. The first-order valence-electron chi connectivity index (χ1n) is 13.4. The highest BCUT2D eigenvalue weighted by Gasteiger charge is 2.37. The van der Waals surface area contributed by atoms with Crippen LogP contribution in [-0.4, -0.2) is 44.4 Å². The lowest BCUT2D eigenvalue weighted by molar-refractivity contribution is 0.0181. The number of halogens is 1. The third kappa shape index (κ3) is 7.44. The first-order valence-corrected chi connectivity index (χ1v) is 15.5. The summed E-state index contributed by atoms with van der Waals surface area (Å²) in [6.07, 6.45) is 7.84. The van der Waals surface area contributed by atoms with Gasteiger partial charge in [0.2, 0.25) is 10.0 Å². The number of benzene rings is 2. The molecule has 1 fully saturated rings. The van der Waals surface area contributed by atoms with Crippen molar-refractivity contribution < 1.29 is 23.1 Å². The van der Waals surface area contributed by atoms with Gasteiger partial charge in [-0.05, 0) is 91.8 Å². The summed E-state index contributed by atoms with van der Waals surface area (Å²) in [5.74, 6) is 0.0489. The number of carbonyl (C=O) groups excluding carboxylic acids is 1. The highest BCUT2D eigenvalue weighted by molar-refractivity contribution is 7.90. The third-order valence-electron chi connectivity index (χ3n) is 7.66. The van der Waals surface area contributed by atoms with Crippen molar-refractivity contribution in [1.82, 2.24) is 4.72 Å². The molecule has 2 aromatic rings. The quantitative estimate of drug-likeness (QED) is 0.397. The van der Waals surface area contributed by atoms with Crippen molar-refractivity contribution >= 4 is 33.2 Å². The summed E-state index contributed by atoms with van der Waals surface area (Å²) in [6.45, 7) is 8.99. The lowest BCUT2D eigenvalue weighted by Crippen LogP contribution is -2.43. The van der Waals surface area contributed by atoms with E-state index in [9.17, 15) is 18.3 Å². The molecule has 0 radical (unpaired) electrons. The van der Waals surface area contributed by atoms with Crippen molar-refractivity contribution in [2.75, 3.05) is 23.7 Å². The van der Waals surface area contributed by atoms with Gasteiger partial charge in [0.15, 0.2) is 0 Å². The smallest absolute Gasteiger partial charge is 0.264 e. The molecule has 3 atom stereocenters. The maximum absolute atomic E-state index is 12.9. The van der Waals surface area contributed by atoms with Crippen molar-refractivity contribution in [3.63, 3.8) is 0 Å². The number of sulfonamides is 1. The number of hydrogen-bond acceptors (Lipinski definition) is 6. The Hall–Kier alpha value is -2.81. The summed E-state index contributed by atoms with van der Waals surface area (Å²) in [5.41, 5.74) is 3.19. The molecular formula is C30H37ClN2O5S. The van der Waals surface area contributed by atoms with Gasteiger partial charge in [0.25, 0.3) is 5.91 Å². The molecule has 9 heteroatoms. The van der Waals surface area contributed by atoms with Gasteiger partial charge >= 0.3 is 0 Å². The number of nitrogens with zero attached hydrogens (tertiary/aromatic N) is 1. The van der Waals surface area contributed by atoms with Crippen LogP contribution in [0.15, 0.2) is 61.7 Å². The number of anilines is 1. The van der Waals surface area contributed by atoms with E-state index in [2.05, 4.69) is 22.8 Å². The fourth-order valence-electron chi connectivity index (χ4n) is 5.43. The van der Waals surface area contributed by atoms with Crippen LogP contribution in [0.3, 0.4) is 0 Å². The molecule has 1 heterocycles. The number of rotatable bonds is 9. The largest absolute Gasteiger partial charge is 0.487 e. The Kier molecular flexibility index (Phi) is 9.75. The molecule has 7 nitrogen and oxygen atoms in total. The monoisotopic (exact) mass is 572 g/mol. The van der Waals surface area contributed by atoms with E-state index in [1.807, 2.05) is 18.2 Å². The second-order valence-electron chi connectivity index (χ2n) is 10.4. The van der Waals surface area contributed by atoms with E-state index in [1.165, 1.54) is 6.08 Å². The fraction of sp³-hybridized carbons (Fsp3) is 0.433. The van der Waals surface area contributed by atoms with E-state index >= 15 is 0 Å². The SMILES string of the molecule is C=CC[C@H](O)[C@@H]1CC[C@H]1CN1CCCCc2cc(Cl)ccc2COc2ccc(C(=O)NS(=O)(=O)CC=C)cc21. The summed E-state index contributed by atoms with van der Waals surface area (Å²) >= 11 is 6.27. The number of nitrogens with one attached hydrogen (secondary N) is 1. The minimum Gasteiger partial charge on any atom is -0.487 e. The molecule has 1 aliphatic heterocycles. The van der Waals surface area contributed by atoms with Crippen molar-refractivity contribution in [2.45, 2.75) is 51.2 Å². The van der Waals surface area contributed by atoms with Crippen LogP contribution in [0.4, 0.5) is 5.69 Å². The lowest BCUT2D eigenvalue weighted by atomic mass is 9.69. The van der Waals surface area contributed by atoms with Gasteiger partial charge in [-0.1, -0.05) is 29.8 Å². The summed E-state index contributed by atoms with van der Waals surface area (Å²) in [6, 6.07) is 10.9.